The Hall–Kier alpha value is -1.36. The van der Waals surface area contributed by atoms with E-state index in [1.54, 1.807) is 0 Å². The Bertz CT molecular complexity index is 544. The maximum absolute atomic E-state index is 12.5. The molecule has 22 heavy (non-hydrogen) atoms. The van der Waals surface area contributed by atoms with Gasteiger partial charge in [-0.25, -0.2) is 0 Å². The second-order valence-corrected chi connectivity index (χ2v) is 7.02. The van der Waals surface area contributed by atoms with Crippen LogP contribution in [-0.2, 0) is 4.79 Å². The van der Waals surface area contributed by atoms with E-state index < -0.39 is 0 Å². The molecule has 0 radical (unpaired) electrons. The predicted molar refractivity (Wildman–Crippen MR) is 88.6 cm³/mol. The first kappa shape index (κ1) is 15.5. The van der Waals surface area contributed by atoms with Gasteiger partial charge < -0.3 is 9.80 Å². The van der Waals surface area contributed by atoms with E-state index in [4.69, 9.17) is 0 Å². The summed E-state index contributed by atoms with van der Waals surface area (Å²) in [5.41, 5.74) is 0.715. The molecule has 1 aromatic carbocycles. The van der Waals surface area contributed by atoms with Crippen LogP contribution in [-0.4, -0.2) is 47.8 Å². The van der Waals surface area contributed by atoms with Crippen molar-refractivity contribution in [2.24, 2.45) is 5.92 Å². The van der Waals surface area contributed by atoms with E-state index in [0.717, 1.165) is 43.2 Å². The normalized spacial score (nSPS) is 19.5. The summed E-state index contributed by atoms with van der Waals surface area (Å²) in [7, 11) is 0. The van der Waals surface area contributed by atoms with Crippen LogP contribution in [0.4, 0.5) is 0 Å². The Kier molecular flexibility index (Phi) is 4.81. The highest BCUT2D eigenvalue weighted by Gasteiger charge is 2.31. The number of piperidine rings is 1. The molecular weight excluding hydrogens is 344 g/mol. The number of nitrogens with zero attached hydrogens (tertiary/aromatic N) is 2. The zero-order valence-electron chi connectivity index (χ0n) is 12.6. The monoisotopic (exact) mass is 364 g/mol. The SMILES string of the molecule is O=C(c1ccc(Br)cc1)N1CCC(C(=O)N2CCCC2)CC1. The van der Waals surface area contributed by atoms with E-state index >= 15 is 0 Å². The Morgan fingerprint density at radius 3 is 2.09 bits per heavy atom. The van der Waals surface area contributed by atoms with Gasteiger partial charge in [-0.2, -0.15) is 0 Å². The van der Waals surface area contributed by atoms with Gasteiger partial charge in [0.15, 0.2) is 0 Å². The summed E-state index contributed by atoms with van der Waals surface area (Å²) in [6.07, 6.45) is 3.84. The summed E-state index contributed by atoms with van der Waals surface area (Å²) in [6.45, 7) is 3.19. The van der Waals surface area contributed by atoms with Crippen molar-refractivity contribution in [3.05, 3.63) is 34.3 Å². The smallest absolute Gasteiger partial charge is 0.253 e. The van der Waals surface area contributed by atoms with Crippen LogP contribution < -0.4 is 0 Å². The largest absolute Gasteiger partial charge is 0.342 e. The lowest BCUT2D eigenvalue weighted by molar-refractivity contribution is -0.135. The molecule has 0 bridgehead atoms. The minimum absolute atomic E-state index is 0.0690. The molecule has 0 aliphatic carbocycles. The number of carbonyl (C=O) groups is 2. The summed E-state index contributed by atoms with van der Waals surface area (Å²) < 4.78 is 0.971. The van der Waals surface area contributed by atoms with Crippen molar-refractivity contribution in [2.45, 2.75) is 25.7 Å². The molecule has 5 heteroatoms. The van der Waals surface area contributed by atoms with Crippen LogP contribution in [0.5, 0.6) is 0 Å². The number of amides is 2. The van der Waals surface area contributed by atoms with Crippen molar-refractivity contribution in [2.75, 3.05) is 26.2 Å². The van der Waals surface area contributed by atoms with Gasteiger partial charge >= 0.3 is 0 Å². The summed E-state index contributed by atoms with van der Waals surface area (Å²) in [4.78, 5) is 28.7. The molecule has 0 N–H and O–H groups in total. The third-order valence-electron chi connectivity index (χ3n) is 4.64. The highest BCUT2D eigenvalue weighted by Crippen LogP contribution is 2.23. The maximum Gasteiger partial charge on any atom is 0.253 e. The van der Waals surface area contributed by atoms with Gasteiger partial charge in [-0.05, 0) is 49.9 Å². The molecule has 0 unspecified atom stereocenters. The van der Waals surface area contributed by atoms with Gasteiger partial charge in [0, 0.05) is 42.1 Å². The molecule has 0 spiro atoms. The van der Waals surface area contributed by atoms with Crippen molar-refractivity contribution in [1.82, 2.24) is 9.80 Å². The highest BCUT2D eigenvalue weighted by atomic mass is 79.9. The molecule has 2 aliphatic heterocycles. The highest BCUT2D eigenvalue weighted by molar-refractivity contribution is 9.10. The summed E-state index contributed by atoms with van der Waals surface area (Å²) >= 11 is 3.38. The van der Waals surface area contributed by atoms with Crippen molar-refractivity contribution in [1.29, 1.82) is 0 Å². The van der Waals surface area contributed by atoms with E-state index in [-0.39, 0.29) is 11.8 Å². The molecule has 4 nitrogen and oxygen atoms in total. The zero-order chi connectivity index (χ0) is 15.5. The molecule has 2 aliphatic rings. The molecular formula is C17H21BrN2O2. The zero-order valence-corrected chi connectivity index (χ0v) is 14.2. The molecule has 0 atom stereocenters. The average Bonchev–Trinajstić information content (AvgIpc) is 3.09. The number of likely N-dealkylation sites (tertiary alicyclic amines) is 2. The fourth-order valence-electron chi connectivity index (χ4n) is 3.30. The number of rotatable bonds is 2. The third kappa shape index (κ3) is 3.35. The predicted octanol–water partition coefficient (Wildman–Crippen LogP) is 2.92. The van der Waals surface area contributed by atoms with E-state index in [2.05, 4.69) is 15.9 Å². The van der Waals surface area contributed by atoms with Gasteiger partial charge in [0.1, 0.15) is 0 Å². The van der Waals surface area contributed by atoms with Gasteiger partial charge in [-0.1, -0.05) is 15.9 Å². The molecule has 2 fully saturated rings. The standard InChI is InChI=1S/C17H21BrN2O2/c18-15-5-3-13(4-6-15)16(21)20-11-7-14(8-12-20)17(22)19-9-1-2-10-19/h3-6,14H,1-2,7-12H2. The quantitative estimate of drug-likeness (QED) is 0.809. The first-order chi connectivity index (χ1) is 10.6. The van der Waals surface area contributed by atoms with Crippen molar-refractivity contribution < 1.29 is 9.59 Å². The molecule has 2 saturated heterocycles. The molecule has 0 aromatic heterocycles. The van der Waals surface area contributed by atoms with E-state index in [1.807, 2.05) is 34.1 Å². The van der Waals surface area contributed by atoms with Gasteiger partial charge in [-0.15, -0.1) is 0 Å². The van der Waals surface area contributed by atoms with Crippen LogP contribution in [0.25, 0.3) is 0 Å². The average molecular weight is 365 g/mol. The fraction of sp³-hybridized carbons (Fsp3) is 0.529. The molecule has 3 rings (SSSR count). The Balaban J connectivity index is 1.56. The lowest BCUT2D eigenvalue weighted by atomic mass is 9.95. The minimum atomic E-state index is 0.0690. The van der Waals surface area contributed by atoms with Crippen LogP contribution in [0.15, 0.2) is 28.7 Å². The summed E-state index contributed by atoms with van der Waals surface area (Å²) in [6, 6.07) is 7.45. The Labute approximate surface area is 139 Å². The van der Waals surface area contributed by atoms with Crippen molar-refractivity contribution in [3.8, 4) is 0 Å². The second kappa shape index (κ2) is 6.82. The molecule has 0 saturated carbocycles. The molecule has 2 amide bonds. The lowest BCUT2D eigenvalue weighted by Gasteiger charge is -2.33. The number of carbonyl (C=O) groups excluding carboxylic acids is 2. The van der Waals surface area contributed by atoms with Crippen LogP contribution >= 0.6 is 15.9 Å². The number of benzene rings is 1. The van der Waals surface area contributed by atoms with Crippen molar-refractivity contribution in [3.63, 3.8) is 0 Å². The molecule has 118 valence electrons. The van der Waals surface area contributed by atoms with Gasteiger partial charge in [0.25, 0.3) is 5.91 Å². The minimum Gasteiger partial charge on any atom is -0.342 e. The number of hydrogen-bond acceptors (Lipinski definition) is 2. The lowest BCUT2D eigenvalue weighted by Crippen LogP contribution is -2.43. The fourth-order valence-corrected chi connectivity index (χ4v) is 3.56. The van der Waals surface area contributed by atoms with Crippen molar-refractivity contribution >= 4 is 27.7 Å². The van der Waals surface area contributed by atoms with E-state index in [1.165, 1.54) is 0 Å². The Morgan fingerprint density at radius 2 is 1.50 bits per heavy atom. The number of hydrogen-bond donors (Lipinski definition) is 0. The third-order valence-corrected chi connectivity index (χ3v) is 5.17. The number of halogens is 1. The topological polar surface area (TPSA) is 40.6 Å². The van der Waals surface area contributed by atoms with Crippen LogP contribution in [0.2, 0.25) is 0 Å². The molecule has 2 heterocycles. The van der Waals surface area contributed by atoms with E-state index in [9.17, 15) is 9.59 Å². The van der Waals surface area contributed by atoms with Crippen LogP contribution in [0.3, 0.4) is 0 Å². The maximum atomic E-state index is 12.5. The van der Waals surface area contributed by atoms with Crippen LogP contribution in [0.1, 0.15) is 36.0 Å². The first-order valence-corrected chi connectivity index (χ1v) is 8.78. The van der Waals surface area contributed by atoms with Crippen LogP contribution in [0, 0.1) is 5.92 Å². The Morgan fingerprint density at radius 1 is 0.909 bits per heavy atom. The molecule has 1 aromatic rings. The summed E-state index contributed by atoms with van der Waals surface area (Å²) in [5, 5.41) is 0. The van der Waals surface area contributed by atoms with Gasteiger partial charge in [-0.3, -0.25) is 9.59 Å². The van der Waals surface area contributed by atoms with Gasteiger partial charge in [0.2, 0.25) is 5.91 Å². The second-order valence-electron chi connectivity index (χ2n) is 6.11. The first-order valence-electron chi connectivity index (χ1n) is 7.99. The van der Waals surface area contributed by atoms with E-state index in [0.29, 0.717) is 24.6 Å². The summed E-state index contributed by atoms with van der Waals surface area (Å²) in [5.74, 6) is 0.472. The van der Waals surface area contributed by atoms with Gasteiger partial charge in [0.05, 0.1) is 0 Å².